The van der Waals surface area contributed by atoms with Crippen molar-refractivity contribution in [2.45, 2.75) is 6.61 Å². The highest BCUT2D eigenvalue weighted by atomic mass is 32.1. The Balaban J connectivity index is 1.10. The van der Waals surface area contributed by atoms with Crippen LogP contribution in [0.1, 0.15) is 4.88 Å². The summed E-state index contributed by atoms with van der Waals surface area (Å²) in [6, 6.07) is 17.8. The number of hydrogen-bond donors (Lipinski definition) is 2. The number of benzene rings is 2. The standard InChI is InChI=1S/C24H24N6O2S/c25-23-26-11-21(33-23)15-32-20-8-6-18(7-9-20)22-14-30(16-28-22)24(31)27-10-17-12-29(13-17)19-4-2-1-3-5-19/h1-9,11,14,16-17H,10,12-13,15H2,(H2,25,26)(H,27,31). The molecule has 2 aromatic carbocycles. The van der Waals surface area contributed by atoms with Crippen LogP contribution in [0.25, 0.3) is 11.3 Å². The second-order valence-electron chi connectivity index (χ2n) is 7.94. The third kappa shape index (κ3) is 4.98. The average molecular weight is 461 g/mol. The third-order valence-electron chi connectivity index (χ3n) is 5.54. The van der Waals surface area contributed by atoms with Crippen LogP contribution in [-0.2, 0) is 6.61 Å². The van der Waals surface area contributed by atoms with Crippen LogP contribution in [-0.4, -0.2) is 40.2 Å². The number of rotatable bonds is 7. The Morgan fingerprint density at radius 3 is 2.64 bits per heavy atom. The first kappa shape index (κ1) is 21.0. The zero-order valence-electron chi connectivity index (χ0n) is 17.9. The van der Waals surface area contributed by atoms with Crippen LogP contribution in [0.15, 0.2) is 73.3 Å². The summed E-state index contributed by atoms with van der Waals surface area (Å²) in [5.74, 6) is 1.19. The van der Waals surface area contributed by atoms with Crippen LogP contribution in [0.2, 0.25) is 0 Å². The Hall–Kier alpha value is -3.85. The number of carbonyl (C=O) groups excluding carboxylic acids is 1. The van der Waals surface area contributed by atoms with E-state index in [1.807, 2.05) is 42.5 Å². The van der Waals surface area contributed by atoms with Crippen LogP contribution in [0.4, 0.5) is 15.6 Å². The van der Waals surface area contributed by atoms with Gasteiger partial charge in [0.15, 0.2) is 5.13 Å². The summed E-state index contributed by atoms with van der Waals surface area (Å²) in [6.07, 6.45) is 5.00. The van der Waals surface area contributed by atoms with Crippen molar-refractivity contribution in [2.24, 2.45) is 5.92 Å². The SMILES string of the molecule is Nc1ncc(COc2ccc(-c3cn(C(=O)NCC4CN(c5ccccc5)C4)cn3)cc2)s1. The first-order valence-electron chi connectivity index (χ1n) is 10.7. The van der Waals surface area contributed by atoms with Gasteiger partial charge in [0.25, 0.3) is 0 Å². The Morgan fingerprint density at radius 2 is 1.91 bits per heavy atom. The molecule has 0 unspecified atom stereocenters. The highest BCUT2D eigenvalue weighted by Crippen LogP contribution is 2.24. The molecule has 0 bridgehead atoms. The molecule has 33 heavy (non-hydrogen) atoms. The molecular formula is C24H24N6O2S. The van der Waals surface area contributed by atoms with E-state index in [9.17, 15) is 4.79 Å². The minimum atomic E-state index is -0.171. The van der Waals surface area contributed by atoms with E-state index in [0.29, 0.717) is 24.2 Å². The highest BCUT2D eigenvalue weighted by molar-refractivity contribution is 7.15. The van der Waals surface area contributed by atoms with Crippen molar-refractivity contribution in [3.63, 3.8) is 0 Å². The number of amides is 1. The van der Waals surface area contributed by atoms with Crippen LogP contribution >= 0.6 is 11.3 Å². The molecule has 0 aliphatic carbocycles. The molecule has 168 valence electrons. The number of nitrogens with zero attached hydrogens (tertiary/aromatic N) is 4. The van der Waals surface area contributed by atoms with E-state index in [4.69, 9.17) is 10.5 Å². The van der Waals surface area contributed by atoms with E-state index in [1.165, 1.54) is 21.6 Å². The predicted octanol–water partition coefficient (Wildman–Crippen LogP) is 3.86. The van der Waals surface area contributed by atoms with Crippen LogP contribution in [0, 0.1) is 5.92 Å². The van der Waals surface area contributed by atoms with Crippen molar-refractivity contribution in [2.75, 3.05) is 30.3 Å². The minimum absolute atomic E-state index is 0.171. The minimum Gasteiger partial charge on any atom is -0.488 e. The number of thiazole rings is 1. The Labute approximate surface area is 195 Å². The number of nitrogen functional groups attached to an aromatic ring is 1. The molecule has 4 aromatic rings. The molecule has 3 N–H and O–H groups in total. The number of aromatic nitrogens is 3. The molecular weight excluding hydrogens is 436 g/mol. The fourth-order valence-electron chi connectivity index (χ4n) is 3.72. The molecule has 1 fully saturated rings. The molecule has 8 nitrogen and oxygen atoms in total. The normalized spacial score (nSPS) is 13.5. The highest BCUT2D eigenvalue weighted by Gasteiger charge is 2.27. The van der Waals surface area contributed by atoms with Crippen molar-refractivity contribution in [1.82, 2.24) is 19.9 Å². The largest absolute Gasteiger partial charge is 0.488 e. The predicted molar refractivity (Wildman–Crippen MR) is 129 cm³/mol. The molecule has 0 atom stereocenters. The van der Waals surface area contributed by atoms with Gasteiger partial charge in [-0.1, -0.05) is 29.5 Å². The maximum Gasteiger partial charge on any atom is 0.326 e. The molecule has 0 spiro atoms. The smallest absolute Gasteiger partial charge is 0.326 e. The lowest BCUT2D eigenvalue weighted by atomic mass is 9.99. The van der Waals surface area contributed by atoms with E-state index < -0.39 is 0 Å². The van der Waals surface area contributed by atoms with Crippen molar-refractivity contribution < 1.29 is 9.53 Å². The van der Waals surface area contributed by atoms with E-state index in [-0.39, 0.29) is 6.03 Å². The van der Waals surface area contributed by atoms with Gasteiger partial charge in [-0.15, -0.1) is 0 Å². The lowest BCUT2D eigenvalue weighted by Gasteiger charge is -2.41. The molecule has 1 aliphatic heterocycles. The second-order valence-corrected chi connectivity index (χ2v) is 9.08. The molecule has 2 aromatic heterocycles. The zero-order chi connectivity index (χ0) is 22.6. The first-order chi connectivity index (χ1) is 16.1. The van der Waals surface area contributed by atoms with Crippen molar-refractivity contribution in [3.8, 4) is 17.0 Å². The van der Waals surface area contributed by atoms with E-state index in [0.717, 1.165) is 35.0 Å². The quantitative estimate of drug-likeness (QED) is 0.435. The Kier molecular flexibility index (Phi) is 5.95. The summed E-state index contributed by atoms with van der Waals surface area (Å²) in [5.41, 5.74) is 8.50. The summed E-state index contributed by atoms with van der Waals surface area (Å²) in [6.45, 7) is 2.97. The van der Waals surface area contributed by atoms with Gasteiger partial charge in [0.1, 0.15) is 18.7 Å². The number of ether oxygens (including phenoxy) is 1. The van der Waals surface area contributed by atoms with Gasteiger partial charge in [-0.05, 0) is 36.4 Å². The van der Waals surface area contributed by atoms with Gasteiger partial charge in [0.05, 0.1) is 10.6 Å². The van der Waals surface area contributed by atoms with Gasteiger partial charge in [0.2, 0.25) is 0 Å². The molecule has 1 saturated heterocycles. The maximum absolute atomic E-state index is 12.5. The van der Waals surface area contributed by atoms with Gasteiger partial charge in [0, 0.05) is 49.2 Å². The molecule has 9 heteroatoms. The third-order valence-corrected chi connectivity index (χ3v) is 6.34. The van der Waals surface area contributed by atoms with Crippen LogP contribution in [0.3, 0.4) is 0 Å². The number of carbonyl (C=O) groups is 1. The van der Waals surface area contributed by atoms with Crippen LogP contribution < -0.4 is 20.7 Å². The van der Waals surface area contributed by atoms with E-state index in [1.54, 1.807) is 18.7 Å². The van der Waals surface area contributed by atoms with Crippen molar-refractivity contribution >= 4 is 28.2 Å². The van der Waals surface area contributed by atoms with Crippen molar-refractivity contribution in [1.29, 1.82) is 0 Å². The molecule has 0 radical (unpaired) electrons. The molecule has 1 aliphatic rings. The number of para-hydroxylation sites is 1. The van der Waals surface area contributed by atoms with Gasteiger partial charge in [-0.3, -0.25) is 4.57 Å². The lowest BCUT2D eigenvalue weighted by Crippen LogP contribution is -2.51. The topological polar surface area (TPSA) is 98.3 Å². The summed E-state index contributed by atoms with van der Waals surface area (Å²) in [7, 11) is 0. The lowest BCUT2D eigenvalue weighted by molar-refractivity contribution is 0.238. The van der Waals surface area contributed by atoms with E-state index in [2.05, 4.69) is 32.3 Å². The van der Waals surface area contributed by atoms with Crippen molar-refractivity contribution in [3.05, 3.63) is 78.2 Å². The van der Waals surface area contributed by atoms with Gasteiger partial charge >= 0.3 is 6.03 Å². The van der Waals surface area contributed by atoms with Gasteiger partial charge in [-0.25, -0.2) is 14.8 Å². The summed E-state index contributed by atoms with van der Waals surface area (Å²) in [4.78, 5) is 24.2. The Bertz CT molecular complexity index is 1220. The molecule has 3 heterocycles. The molecule has 5 rings (SSSR count). The summed E-state index contributed by atoms with van der Waals surface area (Å²) >= 11 is 1.41. The summed E-state index contributed by atoms with van der Waals surface area (Å²) in [5, 5.41) is 3.54. The Morgan fingerprint density at radius 1 is 1.12 bits per heavy atom. The molecule has 0 saturated carbocycles. The number of imidazole rings is 1. The van der Waals surface area contributed by atoms with Gasteiger partial charge in [-0.2, -0.15) is 0 Å². The number of nitrogens with two attached hydrogens (primary N) is 1. The maximum atomic E-state index is 12.5. The number of hydrogen-bond acceptors (Lipinski definition) is 7. The van der Waals surface area contributed by atoms with Crippen LogP contribution in [0.5, 0.6) is 5.75 Å². The fourth-order valence-corrected chi connectivity index (χ4v) is 4.32. The molecule has 1 amide bonds. The number of nitrogens with one attached hydrogen (secondary N) is 1. The monoisotopic (exact) mass is 460 g/mol. The second kappa shape index (κ2) is 9.33. The number of anilines is 2. The first-order valence-corrected chi connectivity index (χ1v) is 11.5. The fraction of sp³-hybridized carbons (Fsp3) is 0.208. The van der Waals surface area contributed by atoms with Gasteiger partial charge < -0.3 is 20.7 Å². The van der Waals surface area contributed by atoms with E-state index >= 15 is 0 Å². The summed E-state index contributed by atoms with van der Waals surface area (Å²) < 4.78 is 7.26. The zero-order valence-corrected chi connectivity index (χ0v) is 18.7. The average Bonchev–Trinajstić information content (AvgIpc) is 3.47.